The van der Waals surface area contributed by atoms with Crippen LogP contribution in [0.4, 0.5) is 0 Å². The van der Waals surface area contributed by atoms with Gasteiger partial charge in [-0.3, -0.25) is 9.20 Å². The molecule has 5 nitrogen and oxygen atoms in total. The van der Waals surface area contributed by atoms with Gasteiger partial charge in [0.2, 0.25) is 0 Å². The molecule has 0 unspecified atom stereocenters. The minimum absolute atomic E-state index is 0.0373. The second-order valence-electron chi connectivity index (χ2n) is 6.31. The smallest absolute Gasteiger partial charge is 0.270 e. The highest BCUT2D eigenvalue weighted by molar-refractivity contribution is 9.10. The Morgan fingerprint density at radius 3 is 2.64 bits per heavy atom. The third-order valence-corrected chi connectivity index (χ3v) is 5.10. The molecule has 0 saturated carbocycles. The Balaban J connectivity index is 2.04. The molecule has 1 N–H and O–H groups in total. The van der Waals surface area contributed by atoms with Crippen LogP contribution >= 0.6 is 15.9 Å². The molecule has 0 aliphatic heterocycles. The lowest BCUT2D eigenvalue weighted by atomic mass is 10.2. The lowest BCUT2D eigenvalue weighted by molar-refractivity contribution is 0.0945. The van der Waals surface area contributed by atoms with Crippen molar-refractivity contribution in [1.82, 2.24) is 19.6 Å². The molecule has 2 heterocycles. The summed E-state index contributed by atoms with van der Waals surface area (Å²) in [5, 5.41) is 3.07. The lowest BCUT2D eigenvalue weighted by Crippen LogP contribution is -2.28. The van der Waals surface area contributed by atoms with Gasteiger partial charge in [0.05, 0.1) is 10.2 Å². The number of aryl methyl sites for hydroxylation is 2. The van der Waals surface area contributed by atoms with Crippen LogP contribution in [0.3, 0.4) is 0 Å². The maximum absolute atomic E-state index is 12.7. The van der Waals surface area contributed by atoms with Crippen LogP contribution in [-0.4, -0.2) is 46.4 Å². The summed E-state index contributed by atoms with van der Waals surface area (Å²) in [5.41, 5.74) is 3.39. The van der Waals surface area contributed by atoms with E-state index in [-0.39, 0.29) is 5.91 Å². The van der Waals surface area contributed by atoms with E-state index in [1.54, 1.807) is 0 Å². The van der Waals surface area contributed by atoms with Gasteiger partial charge in [0.1, 0.15) is 5.69 Å². The molecular formula is C19H29BrN4O. The van der Waals surface area contributed by atoms with E-state index in [1.807, 2.05) is 30.5 Å². The minimum atomic E-state index is -0.0373. The topological polar surface area (TPSA) is 49.6 Å². The average molecular weight is 409 g/mol. The zero-order chi connectivity index (χ0) is 18.4. The summed E-state index contributed by atoms with van der Waals surface area (Å²) in [4.78, 5) is 19.8. The van der Waals surface area contributed by atoms with Gasteiger partial charge in [-0.15, -0.1) is 0 Å². The predicted octanol–water partition coefficient (Wildman–Crippen LogP) is 3.82. The average Bonchev–Trinajstić information content (AvgIpc) is 2.96. The van der Waals surface area contributed by atoms with Crippen LogP contribution in [0.1, 0.15) is 55.4 Å². The van der Waals surface area contributed by atoms with Crippen LogP contribution in [0.2, 0.25) is 0 Å². The van der Waals surface area contributed by atoms with Gasteiger partial charge < -0.3 is 10.2 Å². The predicted molar refractivity (Wildman–Crippen MR) is 106 cm³/mol. The minimum Gasteiger partial charge on any atom is -0.351 e. The largest absolute Gasteiger partial charge is 0.351 e. The Kier molecular flexibility index (Phi) is 7.44. The highest BCUT2D eigenvalue weighted by Gasteiger charge is 2.19. The number of carbonyl (C=O) groups excluding carboxylic acids is 1. The molecular weight excluding hydrogens is 380 g/mol. The first-order valence-corrected chi connectivity index (χ1v) is 9.98. The van der Waals surface area contributed by atoms with Crippen molar-refractivity contribution in [3.63, 3.8) is 0 Å². The number of aromatic nitrogens is 2. The zero-order valence-electron chi connectivity index (χ0n) is 15.7. The Labute approximate surface area is 158 Å². The number of rotatable bonds is 9. The fourth-order valence-corrected chi connectivity index (χ4v) is 3.69. The fourth-order valence-electron chi connectivity index (χ4n) is 3.05. The Bertz CT molecular complexity index is 722. The number of hydrogen-bond acceptors (Lipinski definition) is 3. The van der Waals surface area contributed by atoms with Gasteiger partial charge in [-0.05, 0) is 73.4 Å². The Hall–Kier alpha value is -1.40. The van der Waals surface area contributed by atoms with Crippen molar-refractivity contribution in [2.45, 2.75) is 47.0 Å². The van der Waals surface area contributed by atoms with Gasteiger partial charge in [0.25, 0.3) is 5.91 Å². The molecule has 0 bridgehead atoms. The molecule has 138 valence electrons. The van der Waals surface area contributed by atoms with Crippen molar-refractivity contribution in [1.29, 1.82) is 0 Å². The van der Waals surface area contributed by atoms with Crippen LogP contribution in [0.25, 0.3) is 5.65 Å². The SMILES string of the molecule is CCc1nc2c(Br)cc(C)cn2c1C(=O)NCCCCN(CC)CC. The molecule has 25 heavy (non-hydrogen) atoms. The molecule has 2 rings (SSSR count). The summed E-state index contributed by atoms with van der Waals surface area (Å²) in [5.74, 6) is -0.0373. The number of amides is 1. The summed E-state index contributed by atoms with van der Waals surface area (Å²) in [7, 11) is 0. The molecule has 6 heteroatoms. The quantitative estimate of drug-likeness (QED) is 0.641. The number of pyridine rings is 1. The van der Waals surface area contributed by atoms with Gasteiger partial charge in [0.15, 0.2) is 5.65 Å². The monoisotopic (exact) mass is 408 g/mol. The number of fused-ring (bicyclic) bond motifs is 1. The highest BCUT2D eigenvalue weighted by atomic mass is 79.9. The first-order chi connectivity index (χ1) is 12.0. The molecule has 0 aliphatic carbocycles. The third-order valence-electron chi connectivity index (χ3n) is 4.52. The van der Waals surface area contributed by atoms with Gasteiger partial charge in [-0.2, -0.15) is 0 Å². The van der Waals surface area contributed by atoms with Crippen LogP contribution in [0.5, 0.6) is 0 Å². The molecule has 2 aromatic rings. The lowest BCUT2D eigenvalue weighted by Gasteiger charge is -2.17. The normalized spacial score (nSPS) is 11.4. The second kappa shape index (κ2) is 9.34. The van der Waals surface area contributed by atoms with Crippen LogP contribution in [-0.2, 0) is 6.42 Å². The number of hydrogen-bond donors (Lipinski definition) is 1. The van der Waals surface area contributed by atoms with E-state index >= 15 is 0 Å². The molecule has 0 spiro atoms. The van der Waals surface area contributed by atoms with Crippen molar-refractivity contribution in [2.24, 2.45) is 0 Å². The summed E-state index contributed by atoms with van der Waals surface area (Å²) >= 11 is 3.55. The maximum Gasteiger partial charge on any atom is 0.270 e. The summed E-state index contributed by atoms with van der Waals surface area (Å²) in [6.07, 6.45) is 4.79. The molecule has 0 atom stereocenters. The van der Waals surface area contributed by atoms with Crippen LogP contribution < -0.4 is 5.32 Å². The van der Waals surface area contributed by atoms with E-state index in [1.165, 1.54) is 0 Å². The second-order valence-corrected chi connectivity index (χ2v) is 7.16. The number of nitrogens with one attached hydrogen (secondary N) is 1. The van der Waals surface area contributed by atoms with Crippen molar-refractivity contribution in [3.8, 4) is 0 Å². The van der Waals surface area contributed by atoms with E-state index in [4.69, 9.17) is 0 Å². The molecule has 1 amide bonds. The highest BCUT2D eigenvalue weighted by Crippen LogP contribution is 2.23. The van der Waals surface area contributed by atoms with E-state index < -0.39 is 0 Å². The maximum atomic E-state index is 12.7. The first kappa shape index (κ1) is 19.9. The standard InChI is InChI=1S/C19H29BrN4O/c1-5-16-17(24-13-14(4)12-15(20)18(24)22-16)19(25)21-10-8-9-11-23(6-2)7-3/h12-13H,5-11H2,1-4H3,(H,21,25). The summed E-state index contributed by atoms with van der Waals surface area (Å²) in [6.45, 7) is 12.4. The number of unbranched alkanes of at least 4 members (excludes halogenated alkanes) is 1. The first-order valence-electron chi connectivity index (χ1n) is 9.19. The Morgan fingerprint density at radius 2 is 2.00 bits per heavy atom. The van der Waals surface area contributed by atoms with Crippen molar-refractivity contribution >= 4 is 27.5 Å². The van der Waals surface area contributed by atoms with Crippen LogP contribution in [0.15, 0.2) is 16.7 Å². The van der Waals surface area contributed by atoms with Crippen molar-refractivity contribution in [3.05, 3.63) is 33.7 Å². The number of halogens is 1. The molecule has 0 fully saturated rings. The summed E-state index contributed by atoms with van der Waals surface area (Å²) < 4.78 is 2.82. The molecule has 0 radical (unpaired) electrons. The van der Waals surface area contributed by atoms with Gasteiger partial charge in [-0.1, -0.05) is 20.8 Å². The van der Waals surface area contributed by atoms with Gasteiger partial charge in [0, 0.05) is 12.7 Å². The summed E-state index contributed by atoms with van der Waals surface area (Å²) in [6, 6.07) is 2.02. The van der Waals surface area contributed by atoms with Gasteiger partial charge in [-0.25, -0.2) is 4.98 Å². The third kappa shape index (κ3) is 4.82. The number of nitrogens with zero attached hydrogens (tertiary/aromatic N) is 3. The van der Waals surface area contributed by atoms with Gasteiger partial charge >= 0.3 is 0 Å². The molecule has 0 aliphatic rings. The fraction of sp³-hybridized carbons (Fsp3) is 0.579. The van der Waals surface area contributed by atoms with Crippen LogP contribution in [0, 0.1) is 6.92 Å². The molecule has 0 saturated heterocycles. The zero-order valence-corrected chi connectivity index (χ0v) is 17.3. The Morgan fingerprint density at radius 1 is 1.28 bits per heavy atom. The van der Waals surface area contributed by atoms with E-state index in [2.05, 4.69) is 45.0 Å². The number of carbonyl (C=O) groups is 1. The van der Waals surface area contributed by atoms with E-state index in [9.17, 15) is 4.79 Å². The number of imidazole rings is 1. The van der Waals surface area contributed by atoms with E-state index in [0.29, 0.717) is 12.2 Å². The molecule has 2 aromatic heterocycles. The van der Waals surface area contributed by atoms with Crippen molar-refractivity contribution < 1.29 is 4.79 Å². The van der Waals surface area contributed by atoms with E-state index in [0.717, 1.165) is 60.3 Å². The van der Waals surface area contributed by atoms with Crippen molar-refractivity contribution in [2.75, 3.05) is 26.2 Å². The molecule has 0 aromatic carbocycles.